The van der Waals surface area contributed by atoms with Crippen LogP contribution in [0.3, 0.4) is 0 Å². The topological polar surface area (TPSA) is 56.5 Å². The molecule has 2 aromatic rings. The highest BCUT2D eigenvalue weighted by Gasteiger charge is 2.32. The summed E-state index contributed by atoms with van der Waals surface area (Å²) in [5, 5.41) is 6.89. The van der Waals surface area contributed by atoms with Gasteiger partial charge in [0.1, 0.15) is 5.25 Å². The van der Waals surface area contributed by atoms with Crippen LogP contribution < -0.4 is 0 Å². The third-order valence-electron chi connectivity index (χ3n) is 2.82. The van der Waals surface area contributed by atoms with E-state index in [1.54, 1.807) is 6.92 Å². The zero-order valence-electron chi connectivity index (χ0n) is 12.2. The Balaban J connectivity index is 2.31. The van der Waals surface area contributed by atoms with Gasteiger partial charge in [0.2, 0.25) is 0 Å². The molecule has 2 rings (SSSR count). The predicted octanol–water partition coefficient (Wildman–Crippen LogP) is 3.84. The van der Waals surface area contributed by atoms with Gasteiger partial charge >= 0.3 is 12.1 Å². The number of nitrogens with zero attached hydrogens (tertiary/aromatic N) is 3. The summed E-state index contributed by atoms with van der Waals surface area (Å²) in [6.45, 7) is 3.73. The van der Waals surface area contributed by atoms with Gasteiger partial charge in [-0.15, -0.1) is 10.2 Å². The molecule has 23 heavy (non-hydrogen) atoms. The molecule has 126 valence electrons. The third-order valence-corrected chi connectivity index (χ3v) is 4.13. The zero-order chi connectivity index (χ0) is 17.2. The van der Waals surface area contributed by atoms with Crippen LogP contribution in [-0.4, -0.2) is 32.4 Å². The summed E-state index contributed by atoms with van der Waals surface area (Å²) in [4.78, 5) is 11.8. The number of aromatic nitrogens is 3. The van der Waals surface area contributed by atoms with E-state index in [9.17, 15) is 18.0 Å². The van der Waals surface area contributed by atoms with E-state index in [0.29, 0.717) is 6.42 Å². The number of halogens is 4. The predicted molar refractivity (Wildman–Crippen MR) is 79.6 cm³/mol. The second-order valence-electron chi connectivity index (χ2n) is 4.68. The molecule has 0 radical (unpaired) electrons. The van der Waals surface area contributed by atoms with Crippen LogP contribution in [0.1, 0.15) is 25.8 Å². The van der Waals surface area contributed by atoms with E-state index in [1.165, 1.54) is 0 Å². The van der Waals surface area contributed by atoms with Gasteiger partial charge in [0.15, 0.2) is 10.8 Å². The largest absolute Gasteiger partial charge is 0.465 e. The summed E-state index contributed by atoms with van der Waals surface area (Å²) in [5.41, 5.74) is -0.825. The average Bonchev–Trinajstić information content (AvgIpc) is 2.87. The number of thioether (sulfide) groups is 1. The summed E-state index contributed by atoms with van der Waals surface area (Å²) in [6, 6.07) is 0.791. The van der Waals surface area contributed by atoms with Crippen molar-refractivity contribution in [2.75, 3.05) is 6.61 Å². The molecule has 0 amide bonds. The third kappa shape index (κ3) is 4.08. The standard InChI is InChI=1S/C13H13ClF3N3O2S/c1-3-4-22-11(21)7(2)23-12-19-18-10-9(14)5-8(6-20(10)12)13(15,16)17/h5-7H,3-4H2,1-2H3. The van der Waals surface area contributed by atoms with Gasteiger partial charge in [0.05, 0.1) is 17.2 Å². The van der Waals surface area contributed by atoms with Crippen LogP contribution in [0.5, 0.6) is 0 Å². The molecular formula is C13H13ClF3N3O2S. The molecule has 2 heterocycles. The summed E-state index contributed by atoms with van der Waals surface area (Å²) in [6.07, 6.45) is -3.01. The summed E-state index contributed by atoms with van der Waals surface area (Å²) in [5.74, 6) is -0.466. The highest BCUT2D eigenvalue weighted by molar-refractivity contribution is 8.00. The van der Waals surface area contributed by atoms with Crippen LogP contribution in [0.4, 0.5) is 13.2 Å². The van der Waals surface area contributed by atoms with Gasteiger partial charge in [-0.25, -0.2) is 0 Å². The van der Waals surface area contributed by atoms with Crippen molar-refractivity contribution in [2.45, 2.75) is 36.9 Å². The van der Waals surface area contributed by atoms with Gasteiger partial charge in [-0.05, 0) is 19.4 Å². The van der Waals surface area contributed by atoms with Gasteiger partial charge < -0.3 is 4.74 Å². The Bertz CT molecular complexity index is 720. The van der Waals surface area contributed by atoms with Gasteiger partial charge in [0, 0.05) is 6.20 Å². The minimum atomic E-state index is -4.55. The number of carbonyl (C=O) groups excluding carboxylic acids is 1. The maximum atomic E-state index is 12.9. The Morgan fingerprint density at radius 1 is 1.48 bits per heavy atom. The Kier molecular flexibility index (Phi) is 5.41. The molecule has 2 aromatic heterocycles. The Labute approximate surface area is 139 Å². The first-order valence-electron chi connectivity index (χ1n) is 6.68. The van der Waals surface area contributed by atoms with E-state index in [-0.39, 0.29) is 22.4 Å². The van der Waals surface area contributed by atoms with Crippen molar-refractivity contribution in [1.29, 1.82) is 0 Å². The number of hydrogen-bond acceptors (Lipinski definition) is 5. The Hall–Kier alpha value is -1.48. The first-order valence-corrected chi connectivity index (χ1v) is 7.94. The van der Waals surface area contributed by atoms with E-state index < -0.39 is 23.0 Å². The number of rotatable bonds is 5. The van der Waals surface area contributed by atoms with Crippen LogP contribution >= 0.6 is 23.4 Å². The van der Waals surface area contributed by atoms with Crippen LogP contribution in [0.25, 0.3) is 5.65 Å². The molecule has 0 fully saturated rings. The molecule has 0 spiro atoms. The number of esters is 1. The van der Waals surface area contributed by atoms with Gasteiger partial charge in [-0.1, -0.05) is 30.3 Å². The maximum absolute atomic E-state index is 12.9. The van der Waals surface area contributed by atoms with Crippen molar-refractivity contribution >= 4 is 35.0 Å². The number of pyridine rings is 1. The van der Waals surface area contributed by atoms with Crippen molar-refractivity contribution in [3.8, 4) is 0 Å². The minimum Gasteiger partial charge on any atom is -0.465 e. The number of ether oxygens (including phenoxy) is 1. The highest BCUT2D eigenvalue weighted by atomic mass is 35.5. The quantitative estimate of drug-likeness (QED) is 0.593. The van der Waals surface area contributed by atoms with Crippen LogP contribution in [0.15, 0.2) is 17.4 Å². The van der Waals surface area contributed by atoms with E-state index in [4.69, 9.17) is 16.3 Å². The fraction of sp³-hybridized carbons (Fsp3) is 0.462. The Morgan fingerprint density at radius 3 is 2.78 bits per heavy atom. The molecule has 0 bridgehead atoms. The molecule has 0 saturated carbocycles. The van der Waals surface area contributed by atoms with Crippen LogP contribution in [0, 0.1) is 0 Å². The lowest BCUT2D eigenvalue weighted by Crippen LogP contribution is -2.17. The van der Waals surface area contributed by atoms with Crippen LogP contribution in [-0.2, 0) is 15.7 Å². The smallest absolute Gasteiger partial charge is 0.417 e. The maximum Gasteiger partial charge on any atom is 0.417 e. The summed E-state index contributed by atoms with van der Waals surface area (Å²) >= 11 is 6.78. The van der Waals surface area contributed by atoms with Gasteiger partial charge in [0.25, 0.3) is 0 Å². The minimum absolute atomic E-state index is 0.0938. The number of alkyl halides is 3. The lowest BCUT2D eigenvalue weighted by atomic mass is 10.3. The molecule has 0 aliphatic heterocycles. The number of carbonyl (C=O) groups is 1. The molecular weight excluding hydrogens is 355 g/mol. The van der Waals surface area contributed by atoms with E-state index in [2.05, 4.69) is 10.2 Å². The zero-order valence-corrected chi connectivity index (χ0v) is 13.8. The fourth-order valence-electron chi connectivity index (χ4n) is 1.70. The highest BCUT2D eigenvalue weighted by Crippen LogP contribution is 2.33. The van der Waals surface area contributed by atoms with E-state index in [1.807, 2.05) is 6.92 Å². The molecule has 10 heteroatoms. The van der Waals surface area contributed by atoms with Crippen molar-refractivity contribution in [2.24, 2.45) is 0 Å². The van der Waals surface area contributed by atoms with Crippen molar-refractivity contribution in [1.82, 2.24) is 14.6 Å². The van der Waals surface area contributed by atoms with Gasteiger partial charge in [-0.3, -0.25) is 9.20 Å². The molecule has 0 saturated heterocycles. The van der Waals surface area contributed by atoms with Crippen molar-refractivity contribution in [3.63, 3.8) is 0 Å². The van der Waals surface area contributed by atoms with E-state index >= 15 is 0 Å². The SMILES string of the molecule is CCCOC(=O)C(C)Sc1nnc2c(Cl)cc(C(F)(F)F)cn12. The lowest BCUT2D eigenvalue weighted by molar-refractivity contribution is -0.142. The first kappa shape index (κ1) is 17.9. The average molecular weight is 368 g/mol. The van der Waals surface area contributed by atoms with Crippen molar-refractivity contribution in [3.05, 3.63) is 22.8 Å². The monoisotopic (exact) mass is 367 g/mol. The molecule has 0 N–H and O–H groups in total. The lowest BCUT2D eigenvalue weighted by Gasteiger charge is -2.11. The molecule has 0 aromatic carbocycles. The summed E-state index contributed by atoms with van der Waals surface area (Å²) in [7, 11) is 0. The van der Waals surface area contributed by atoms with Crippen molar-refractivity contribution < 1.29 is 22.7 Å². The second-order valence-corrected chi connectivity index (χ2v) is 6.39. The van der Waals surface area contributed by atoms with E-state index in [0.717, 1.165) is 28.4 Å². The molecule has 0 aliphatic carbocycles. The summed E-state index contributed by atoms with van der Waals surface area (Å²) < 4.78 is 44.7. The molecule has 5 nitrogen and oxygen atoms in total. The molecule has 0 aliphatic rings. The second kappa shape index (κ2) is 6.96. The number of hydrogen-bond donors (Lipinski definition) is 0. The normalized spacial score (nSPS) is 13.3. The Morgan fingerprint density at radius 2 is 2.17 bits per heavy atom. The number of fused-ring (bicyclic) bond motifs is 1. The van der Waals surface area contributed by atoms with Crippen LogP contribution in [0.2, 0.25) is 5.02 Å². The molecule has 1 atom stereocenters. The molecule has 1 unspecified atom stereocenters. The first-order chi connectivity index (χ1) is 10.7. The fourth-order valence-corrected chi connectivity index (χ4v) is 2.76. The van der Waals surface area contributed by atoms with Gasteiger partial charge in [-0.2, -0.15) is 13.2 Å².